The van der Waals surface area contributed by atoms with Crippen LogP contribution < -0.4 is 0 Å². The van der Waals surface area contributed by atoms with E-state index in [0.29, 0.717) is 0 Å². The van der Waals surface area contributed by atoms with E-state index in [4.69, 9.17) is 4.18 Å². The topological polar surface area (TPSA) is 77.5 Å². The van der Waals surface area contributed by atoms with Crippen LogP contribution in [0.4, 0.5) is 0 Å². The third-order valence-electron chi connectivity index (χ3n) is 4.33. The summed E-state index contributed by atoms with van der Waals surface area (Å²) >= 11 is 0. The Bertz CT molecular complexity index is 733. The predicted molar refractivity (Wildman–Crippen MR) is 73.5 cm³/mol. The maximum Gasteiger partial charge on any atom is 0.297 e. The van der Waals surface area contributed by atoms with E-state index in [-0.39, 0.29) is 22.5 Å². The van der Waals surface area contributed by atoms with Gasteiger partial charge in [0.2, 0.25) is 0 Å². The van der Waals surface area contributed by atoms with E-state index < -0.39 is 31.3 Å². The van der Waals surface area contributed by atoms with E-state index in [0.717, 1.165) is 5.56 Å². The molecule has 0 radical (unpaired) electrons. The SMILES string of the molecule is Cc1ccc(S(=O)(=O)O[C@@H]2[C@H](C)[C@@H]3CS(=O)(=O)[C@H]32)cc1. The van der Waals surface area contributed by atoms with E-state index in [1.165, 1.54) is 12.1 Å². The van der Waals surface area contributed by atoms with Crippen molar-refractivity contribution in [2.45, 2.75) is 30.1 Å². The lowest BCUT2D eigenvalue weighted by Gasteiger charge is -2.55. The highest BCUT2D eigenvalue weighted by Gasteiger charge is 2.65. The van der Waals surface area contributed by atoms with Gasteiger partial charge in [0.25, 0.3) is 10.1 Å². The Hall–Kier alpha value is -0.920. The van der Waals surface area contributed by atoms with Crippen molar-refractivity contribution in [3.63, 3.8) is 0 Å². The van der Waals surface area contributed by atoms with Crippen molar-refractivity contribution < 1.29 is 21.0 Å². The average Bonchev–Trinajstić information content (AvgIpc) is 2.35. The van der Waals surface area contributed by atoms with Gasteiger partial charge >= 0.3 is 0 Å². The number of rotatable bonds is 3. The number of hydrogen-bond donors (Lipinski definition) is 0. The fraction of sp³-hybridized carbons (Fsp3) is 0.538. The van der Waals surface area contributed by atoms with Crippen LogP contribution in [0, 0.1) is 18.8 Å². The zero-order valence-electron chi connectivity index (χ0n) is 11.2. The second-order valence-corrected chi connectivity index (χ2v) is 9.42. The van der Waals surface area contributed by atoms with Crippen LogP contribution in [0.2, 0.25) is 0 Å². The first-order valence-electron chi connectivity index (χ1n) is 6.44. The van der Waals surface area contributed by atoms with E-state index in [1.807, 2.05) is 13.8 Å². The Kier molecular flexibility index (Phi) is 3.01. The molecule has 0 unspecified atom stereocenters. The van der Waals surface area contributed by atoms with Crippen LogP contribution in [-0.4, -0.2) is 33.9 Å². The average molecular weight is 316 g/mol. The molecule has 20 heavy (non-hydrogen) atoms. The standard InChI is InChI=1S/C13H16O5S2/c1-8-3-5-10(6-4-8)20(16,17)18-12-9(2)11-7-19(14,15)13(11)12/h3-6,9,11-13H,7H2,1-2H3/t9-,11+,12-,13-/m1/s1. The van der Waals surface area contributed by atoms with E-state index >= 15 is 0 Å². The summed E-state index contributed by atoms with van der Waals surface area (Å²) in [5.74, 6) is 0.172. The van der Waals surface area contributed by atoms with Gasteiger partial charge in [-0.3, -0.25) is 4.18 Å². The Balaban J connectivity index is 1.82. The normalized spacial score (nSPS) is 34.7. The minimum Gasteiger partial charge on any atom is -0.261 e. The van der Waals surface area contributed by atoms with Crippen LogP contribution in [0.3, 0.4) is 0 Å². The maximum atomic E-state index is 12.2. The number of sulfone groups is 1. The molecule has 1 aliphatic heterocycles. The van der Waals surface area contributed by atoms with E-state index in [1.54, 1.807) is 12.1 Å². The molecular weight excluding hydrogens is 300 g/mol. The zero-order valence-corrected chi connectivity index (χ0v) is 12.8. The Morgan fingerprint density at radius 2 is 1.80 bits per heavy atom. The lowest BCUT2D eigenvalue weighted by molar-refractivity contribution is 0.00268. The quantitative estimate of drug-likeness (QED) is 0.781. The summed E-state index contributed by atoms with van der Waals surface area (Å²) in [7, 11) is -7.06. The lowest BCUT2D eigenvalue weighted by Crippen LogP contribution is -2.69. The van der Waals surface area contributed by atoms with Crippen LogP contribution in [0.25, 0.3) is 0 Å². The Morgan fingerprint density at radius 1 is 1.20 bits per heavy atom. The van der Waals surface area contributed by atoms with Gasteiger partial charge in [0.15, 0.2) is 9.84 Å². The fourth-order valence-corrected chi connectivity index (χ4v) is 6.70. The third-order valence-corrected chi connectivity index (χ3v) is 7.95. The van der Waals surface area contributed by atoms with Crippen molar-refractivity contribution in [2.75, 3.05) is 5.75 Å². The Labute approximate surface area is 119 Å². The Morgan fingerprint density at radius 3 is 2.35 bits per heavy atom. The smallest absolute Gasteiger partial charge is 0.261 e. The van der Waals surface area contributed by atoms with Crippen LogP contribution in [0.1, 0.15) is 12.5 Å². The molecule has 1 aliphatic carbocycles. The molecule has 1 heterocycles. The molecule has 1 aromatic rings. The zero-order chi connectivity index (χ0) is 14.7. The minimum absolute atomic E-state index is 0.0382. The summed E-state index contributed by atoms with van der Waals surface area (Å²) in [6.45, 7) is 3.70. The van der Waals surface area contributed by atoms with E-state index in [9.17, 15) is 16.8 Å². The van der Waals surface area contributed by atoms with Gasteiger partial charge in [0, 0.05) is 0 Å². The van der Waals surface area contributed by atoms with Gasteiger partial charge in [0.05, 0.1) is 22.0 Å². The van der Waals surface area contributed by atoms with Crippen LogP contribution >= 0.6 is 0 Å². The molecule has 0 amide bonds. The molecule has 1 aromatic carbocycles. The van der Waals surface area contributed by atoms with Gasteiger partial charge in [-0.25, -0.2) is 8.42 Å². The summed E-state index contributed by atoms with van der Waals surface area (Å²) in [6, 6.07) is 6.31. The molecule has 0 aromatic heterocycles. The first kappa shape index (κ1) is 14.0. The second kappa shape index (κ2) is 4.29. The molecule has 0 bridgehead atoms. The first-order chi connectivity index (χ1) is 9.22. The van der Waals surface area contributed by atoms with Gasteiger partial charge < -0.3 is 0 Å². The predicted octanol–water partition coefficient (Wildman–Crippen LogP) is 1.13. The van der Waals surface area contributed by atoms with Crippen LogP contribution in [0.5, 0.6) is 0 Å². The molecule has 2 fully saturated rings. The lowest BCUT2D eigenvalue weighted by atomic mass is 9.72. The molecule has 1 saturated carbocycles. The summed E-state index contributed by atoms with van der Waals surface area (Å²) in [5, 5.41) is -0.641. The first-order valence-corrected chi connectivity index (χ1v) is 9.56. The molecule has 0 spiro atoms. The molecule has 1 saturated heterocycles. The molecular formula is C13H16O5S2. The molecule has 7 heteroatoms. The highest BCUT2D eigenvalue weighted by Crippen LogP contribution is 2.51. The summed E-state index contributed by atoms with van der Waals surface area (Å²) in [5.41, 5.74) is 0.947. The molecule has 3 rings (SSSR count). The fourth-order valence-electron chi connectivity index (χ4n) is 2.96. The third kappa shape index (κ3) is 1.99. The number of fused-ring (bicyclic) bond motifs is 1. The summed E-state index contributed by atoms with van der Waals surface area (Å²) < 4.78 is 52.8. The molecule has 4 atom stereocenters. The number of hydrogen-bond acceptors (Lipinski definition) is 5. The van der Waals surface area contributed by atoms with Crippen LogP contribution in [0.15, 0.2) is 29.2 Å². The monoisotopic (exact) mass is 316 g/mol. The summed E-state index contributed by atoms with van der Waals surface area (Å²) in [6.07, 6.45) is -0.745. The highest BCUT2D eigenvalue weighted by molar-refractivity contribution is 7.93. The molecule has 0 N–H and O–H groups in total. The minimum atomic E-state index is -3.91. The van der Waals surface area contributed by atoms with Crippen molar-refractivity contribution in [3.05, 3.63) is 29.8 Å². The molecule has 2 aliphatic rings. The second-order valence-electron chi connectivity index (χ2n) is 5.65. The number of aryl methyl sites for hydroxylation is 1. The largest absolute Gasteiger partial charge is 0.297 e. The van der Waals surface area contributed by atoms with Gasteiger partial charge in [-0.15, -0.1) is 0 Å². The molecule has 5 nitrogen and oxygen atoms in total. The maximum absolute atomic E-state index is 12.2. The van der Waals surface area contributed by atoms with Gasteiger partial charge in [-0.1, -0.05) is 24.6 Å². The van der Waals surface area contributed by atoms with Crippen molar-refractivity contribution in [1.29, 1.82) is 0 Å². The molecule has 110 valence electrons. The van der Waals surface area contributed by atoms with Crippen molar-refractivity contribution in [1.82, 2.24) is 0 Å². The summed E-state index contributed by atoms with van der Waals surface area (Å²) in [4.78, 5) is 0.0653. The van der Waals surface area contributed by atoms with Gasteiger partial charge in [0.1, 0.15) is 0 Å². The van der Waals surface area contributed by atoms with Crippen molar-refractivity contribution >= 4 is 20.0 Å². The van der Waals surface area contributed by atoms with Crippen molar-refractivity contribution in [2.24, 2.45) is 11.8 Å². The van der Waals surface area contributed by atoms with Crippen LogP contribution in [-0.2, 0) is 24.1 Å². The van der Waals surface area contributed by atoms with Crippen molar-refractivity contribution in [3.8, 4) is 0 Å². The van der Waals surface area contributed by atoms with Gasteiger partial charge in [-0.2, -0.15) is 8.42 Å². The van der Waals surface area contributed by atoms with E-state index in [2.05, 4.69) is 0 Å². The number of benzene rings is 1. The van der Waals surface area contributed by atoms with Gasteiger partial charge in [-0.05, 0) is 30.9 Å². The highest BCUT2D eigenvalue weighted by atomic mass is 32.2.